The smallest absolute Gasteiger partial charge is 0.407 e. The van der Waals surface area contributed by atoms with Crippen molar-refractivity contribution >= 4 is 14.0 Å². The Morgan fingerprint density at radius 2 is 1.48 bits per heavy atom. The van der Waals surface area contributed by atoms with E-state index in [2.05, 4.69) is 31.4 Å². The maximum Gasteiger partial charge on any atom is 2.00 e. The average molecular weight is 512 g/mol. The van der Waals surface area contributed by atoms with Crippen LogP contribution in [0.5, 0.6) is 0 Å². The van der Waals surface area contributed by atoms with Gasteiger partial charge in [0.25, 0.3) is 0 Å². The van der Waals surface area contributed by atoms with E-state index in [0.717, 1.165) is 5.56 Å². The zero-order valence-electron chi connectivity index (χ0n) is 22.1. The summed E-state index contributed by atoms with van der Waals surface area (Å²) in [7, 11) is -1.62. The van der Waals surface area contributed by atoms with Gasteiger partial charge in [0.2, 0.25) is 0 Å². The van der Waals surface area contributed by atoms with Gasteiger partial charge in [-0.05, 0) is 61.8 Å². The molecule has 0 saturated heterocycles. The monoisotopic (exact) mass is 511 g/mol. The molecule has 0 unspecified atom stereocenters. The van der Waals surface area contributed by atoms with Gasteiger partial charge in [-0.3, -0.25) is 5.57 Å². The number of benzene rings is 1. The van der Waals surface area contributed by atoms with Gasteiger partial charge in [0.15, 0.2) is 0 Å². The van der Waals surface area contributed by atoms with Gasteiger partial charge in [0.1, 0.15) is 0 Å². The van der Waals surface area contributed by atoms with E-state index >= 15 is 0 Å². The molecule has 0 aliphatic carbocycles. The SMILES string of the molecule is CC(C)O.CC(C)O.CCN(CC)C(=O)C(=[C-][Si](C)(C)C)C=[C-]COCc1ccccc1.[Ti+2]. The molecular formula is C26H45NO4SiTi. The zero-order valence-corrected chi connectivity index (χ0v) is 24.7. The Hall–Kier alpha value is -1.02. The van der Waals surface area contributed by atoms with E-state index in [1.807, 2.05) is 49.1 Å². The van der Waals surface area contributed by atoms with Crippen molar-refractivity contribution in [2.45, 2.75) is 80.0 Å². The predicted molar refractivity (Wildman–Crippen MR) is 137 cm³/mol. The second-order valence-corrected chi connectivity index (χ2v) is 13.5. The van der Waals surface area contributed by atoms with Crippen LogP contribution in [0.2, 0.25) is 19.6 Å². The van der Waals surface area contributed by atoms with E-state index in [4.69, 9.17) is 14.9 Å². The molecule has 1 aromatic rings. The molecule has 7 heteroatoms. The molecular weight excluding hydrogens is 466 g/mol. The van der Waals surface area contributed by atoms with Crippen LogP contribution in [0.25, 0.3) is 0 Å². The second kappa shape index (κ2) is 21.5. The van der Waals surface area contributed by atoms with Crippen LogP contribution in [0.1, 0.15) is 47.1 Å². The van der Waals surface area contributed by atoms with Crippen LogP contribution in [-0.2, 0) is 37.9 Å². The summed E-state index contributed by atoms with van der Waals surface area (Å²) in [5.74, 6) is 0.0259. The molecule has 0 bridgehead atoms. The molecule has 0 radical (unpaired) electrons. The molecule has 2 N–H and O–H groups in total. The van der Waals surface area contributed by atoms with Gasteiger partial charge in [0, 0.05) is 25.3 Å². The molecule has 1 rings (SSSR count). The molecule has 0 aliphatic rings. The summed E-state index contributed by atoms with van der Waals surface area (Å²) in [5.41, 5.74) is 5.14. The van der Waals surface area contributed by atoms with Crippen molar-refractivity contribution in [3.63, 3.8) is 0 Å². The molecule has 0 aromatic heterocycles. The summed E-state index contributed by atoms with van der Waals surface area (Å²) in [6, 6.07) is 10.0. The standard InChI is InChI=1S/C20H29NO2Si.2C3H8O.Ti/c1-6-21(7-2)20(22)19(17-24(3,4)5)14-11-15-23-16-18-12-9-8-10-13-18;2*1-3(2)4;/h8-10,12-14H,6-7,15-16H2,1-5H3;2*3-4H,1-2H3;/q-2;;;+2. The van der Waals surface area contributed by atoms with Crippen molar-refractivity contribution in [3.05, 3.63) is 59.3 Å². The number of aliphatic hydroxyl groups excluding tert-OH is 2. The Bertz CT molecular complexity index is 640. The summed E-state index contributed by atoms with van der Waals surface area (Å²) in [5, 5.41) is 16.1. The Labute approximate surface area is 218 Å². The first-order valence-electron chi connectivity index (χ1n) is 11.3. The van der Waals surface area contributed by atoms with Gasteiger partial charge >= 0.3 is 21.7 Å². The summed E-state index contributed by atoms with van der Waals surface area (Å²) < 4.78 is 5.60. The molecule has 186 valence electrons. The molecule has 0 atom stereocenters. The minimum Gasteiger partial charge on any atom is -0.407 e. The number of carbonyl (C=O) groups excluding carboxylic acids is 1. The molecule has 0 spiro atoms. The third-order valence-electron chi connectivity index (χ3n) is 3.33. The van der Waals surface area contributed by atoms with Crippen molar-refractivity contribution in [2.24, 2.45) is 0 Å². The van der Waals surface area contributed by atoms with E-state index < -0.39 is 8.07 Å². The Morgan fingerprint density at radius 3 is 1.88 bits per heavy atom. The van der Waals surface area contributed by atoms with Crippen LogP contribution in [0, 0.1) is 11.8 Å². The zero-order chi connectivity index (χ0) is 25.2. The van der Waals surface area contributed by atoms with E-state index in [-0.39, 0.29) is 39.8 Å². The van der Waals surface area contributed by atoms with E-state index in [1.54, 1.807) is 33.8 Å². The molecule has 0 heterocycles. The Balaban J connectivity index is -0.000000862. The largest absolute Gasteiger partial charge is 2.00 e. The Morgan fingerprint density at radius 1 is 1.03 bits per heavy atom. The summed E-state index contributed by atoms with van der Waals surface area (Å²) in [4.78, 5) is 14.4. The normalized spacial score (nSPS) is 11.4. The number of rotatable bonds is 9. The van der Waals surface area contributed by atoms with Gasteiger partial charge < -0.3 is 42.5 Å². The number of nitrogens with zero attached hydrogens (tertiary/aromatic N) is 1. The predicted octanol–water partition coefficient (Wildman–Crippen LogP) is 4.81. The number of likely N-dealkylation sites (N-methyl/N-ethyl adjacent to an activating group) is 1. The number of carbonyl (C=O) groups is 1. The third kappa shape index (κ3) is 25.4. The maximum atomic E-state index is 12.6. The summed E-state index contributed by atoms with van der Waals surface area (Å²) in [6.45, 7) is 19.7. The molecule has 1 aromatic carbocycles. The van der Waals surface area contributed by atoms with Crippen molar-refractivity contribution in [2.75, 3.05) is 19.7 Å². The van der Waals surface area contributed by atoms with Gasteiger partial charge in [-0.15, -0.1) is 0 Å². The molecule has 33 heavy (non-hydrogen) atoms. The van der Waals surface area contributed by atoms with Gasteiger partial charge in [0.05, 0.1) is 12.5 Å². The summed E-state index contributed by atoms with van der Waals surface area (Å²) >= 11 is 0. The molecule has 0 saturated carbocycles. The van der Waals surface area contributed by atoms with Crippen LogP contribution in [0.3, 0.4) is 0 Å². The first-order valence-corrected chi connectivity index (χ1v) is 14.8. The fourth-order valence-corrected chi connectivity index (χ4v) is 3.17. The van der Waals surface area contributed by atoms with Crippen LogP contribution in [-0.4, -0.2) is 61.0 Å². The fourth-order valence-electron chi connectivity index (χ4n) is 2.18. The van der Waals surface area contributed by atoms with Crippen LogP contribution in [0.15, 0.2) is 42.0 Å². The van der Waals surface area contributed by atoms with Crippen molar-refractivity contribution in [1.82, 2.24) is 4.90 Å². The minimum absolute atomic E-state index is 0. The third-order valence-corrected chi connectivity index (χ3v) is 4.35. The van der Waals surface area contributed by atoms with Gasteiger partial charge in [-0.2, -0.15) is 0 Å². The van der Waals surface area contributed by atoms with E-state index in [9.17, 15) is 4.79 Å². The number of hydrogen-bond acceptors (Lipinski definition) is 4. The van der Waals surface area contributed by atoms with E-state index in [1.165, 1.54) is 0 Å². The topological polar surface area (TPSA) is 70.0 Å². The summed E-state index contributed by atoms with van der Waals surface area (Å²) in [6.07, 6.45) is 4.50. The van der Waals surface area contributed by atoms with Crippen LogP contribution in [0.4, 0.5) is 0 Å². The molecule has 0 aliphatic heterocycles. The van der Waals surface area contributed by atoms with E-state index in [0.29, 0.717) is 31.9 Å². The molecule has 5 nitrogen and oxygen atoms in total. The van der Waals surface area contributed by atoms with Crippen molar-refractivity contribution in [3.8, 4) is 0 Å². The average Bonchev–Trinajstić information content (AvgIpc) is 2.66. The number of amides is 1. The molecule has 0 fully saturated rings. The van der Waals surface area contributed by atoms with Crippen LogP contribution < -0.4 is 0 Å². The first-order chi connectivity index (χ1) is 14.8. The number of aliphatic hydroxyl groups is 2. The first kappa shape index (κ1) is 36.5. The quantitative estimate of drug-likeness (QED) is 0.164. The molecule has 1 amide bonds. The van der Waals surface area contributed by atoms with Crippen LogP contribution >= 0.6 is 0 Å². The van der Waals surface area contributed by atoms with Gasteiger partial charge in [-0.1, -0.05) is 50.0 Å². The van der Waals surface area contributed by atoms with Crippen molar-refractivity contribution < 1.29 is 41.5 Å². The number of hydrogen-bond donors (Lipinski definition) is 2. The maximum absolute atomic E-state index is 12.6. The number of ether oxygens (including phenoxy) is 1. The van der Waals surface area contributed by atoms with Crippen molar-refractivity contribution in [1.29, 1.82) is 0 Å². The fraction of sp³-hybridized carbons (Fsp3) is 0.577. The van der Waals surface area contributed by atoms with Gasteiger partial charge in [-0.25, -0.2) is 0 Å². The second-order valence-electron chi connectivity index (χ2n) is 8.78. The Kier molecular flexibility index (Phi) is 23.8. The minimum atomic E-state index is -1.62.